The zero-order chi connectivity index (χ0) is 19.3. The molecule has 1 aromatic rings. The summed E-state index contributed by atoms with van der Waals surface area (Å²) in [4.78, 5) is 24.9. The van der Waals surface area contributed by atoms with E-state index in [9.17, 15) is 22.8 Å². The fourth-order valence-electron chi connectivity index (χ4n) is 2.75. The molecule has 0 aliphatic carbocycles. The molecule has 6 nitrogen and oxygen atoms in total. The second-order valence-corrected chi connectivity index (χ2v) is 6.32. The number of piperidine rings is 1. The number of amides is 3. The maximum atomic E-state index is 12.9. The minimum absolute atomic E-state index is 0.101. The molecule has 144 valence electrons. The number of nitrogens with zero attached hydrogens (tertiary/aromatic N) is 1. The highest BCUT2D eigenvalue weighted by atomic mass is 19.4. The molecule has 26 heavy (non-hydrogen) atoms. The number of urea groups is 1. The number of likely N-dealkylation sites (tertiary alicyclic amines) is 1. The van der Waals surface area contributed by atoms with E-state index in [-0.39, 0.29) is 30.2 Å². The van der Waals surface area contributed by atoms with Crippen LogP contribution in [-0.2, 0) is 11.0 Å². The van der Waals surface area contributed by atoms with Crippen LogP contribution in [-0.4, -0.2) is 42.6 Å². The Morgan fingerprint density at radius 3 is 2.50 bits per heavy atom. The Morgan fingerprint density at radius 1 is 1.31 bits per heavy atom. The van der Waals surface area contributed by atoms with Gasteiger partial charge in [0.25, 0.3) is 0 Å². The van der Waals surface area contributed by atoms with Crippen molar-refractivity contribution in [1.82, 2.24) is 10.2 Å². The third kappa shape index (κ3) is 5.27. The molecule has 0 unspecified atom stereocenters. The fraction of sp³-hybridized carbons (Fsp3) is 0.529. The number of carbonyl (C=O) groups excluding carboxylic acids is 2. The van der Waals surface area contributed by atoms with Crippen LogP contribution >= 0.6 is 0 Å². The highest BCUT2D eigenvalue weighted by molar-refractivity contribution is 5.78. The number of carbonyl (C=O) groups is 2. The van der Waals surface area contributed by atoms with E-state index in [0.29, 0.717) is 25.9 Å². The van der Waals surface area contributed by atoms with E-state index < -0.39 is 17.8 Å². The smallest absolute Gasteiger partial charge is 0.419 e. The van der Waals surface area contributed by atoms with Crippen LogP contribution in [0.4, 0.5) is 18.0 Å². The van der Waals surface area contributed by atoms with Gasteiger partial charge >= 0.3 is 12.2 Å². The number of ether oxygens (including phenoxy) is 1. The van der Waals surface area contributed by atoms with Gasteiger partial charge in [-0.3, -0.25) is 4.79 Å². The van der Waals surface area contributed by atoms with Gasteiger partial charge in [0, 0.05) is 19.0 Å². The Kier molecular flexibility index (Phi) is 6.33. The molecule has 1 aromatic carbocycles. The Labute approximate surface area is 149 Å². The maximum absolute atomic E-state index is 12.9. The predicted molar refractivity (Wildman–Crippen MR) is 88.4 cm³/mol. The Balaban J connectivity index is 1.83. The number of benzene rings is 1. The van der Waals surface area contributed by atoms with Crippen molar-refractivity contribution in [3.05, 3.63) is 29.8 Å². The van der Waals surface area contributed by atoms with Crippen LogP contribution in [0.3, 0.4) is 0 Å². The standard InChI is InChI=1S/C17H22F3N3O3/c1-11(10-26-14-5-3-2-4-13(14)17(18,19)20)22-16(25)23-8-6-12(7-9-23)15(21)24/h2-5,11-12H,6-10H2,1H3,(H2,21,24)(H,22,25)/t11-/m0/s1. The van der Waals surface area contributed by atoms with E-state index in [1.165, 1.54) is 18.2 Å². The van der Waals surface area contributed by atoms with Gasteiger partial charge in [0.1, 0.15) is 12.4 Å². The van der Waals surface area contributed by atoms with E-state index in [1.54, 1.807) is 11.8 Å². The molecule has 0 saturated carbocycles. The van der Waals surface area contributed by atoms with E-state index >= 15 is 0 Å². The molecule has 3 amide bonds. The number of alkyl halides is 3. The lowest BCUT2D eigenvalue weighted by atomic mass is 9.96. The van der Waals surface area contributed by atoms with Crippen LogP contribution in [0.2, 0.25) is 0 Å². The quantitative estimate of drug-likeness (QED) is 0.831. The van der Waals surface area contributed by atoms with E-state index in [2.05, 4.69) is 5.32 Å². The first-order valence-corrected chi connectivity index (χ1v) is 8.32. The van der Waals surface area contributed by atoms with Gasteiger partial charge in [-0.25, -0.2) is 4.79 Å². The van der Waals surface area contributed by atoms with Gasteiger partial charge in [-0.05, 0) is 31.9 Å². The molecule has 1 saturated heterocycles. The van der Waals surface area contributed by atoms with Crippen LogP contribution < -0.4 is 15.8 Å². The summed E-state index contributed by atoms with van der Waals surface area (Å²) in [6.07, 6.45) is -3.49. The monoisotopic (exact) mass is 373 g/mol. The number of para-hydroxylation sites is 1. The summed E-state index contributed by atoms with van der Waals surface area (Å²) in [6.45, 7) is 2.36. The summed E-state index contributed by atoms with van der Waals surface area (Å²) in [5.74, 6) is -0.864. The van der Waals surface area contributed by atoms with Gasteiger partial charge < -0.3 is 20.7 Å². The first-order chi connectivity index (χ1) is 12.2. The highest BCUT2D eigenvalue weighted by Crippen LogP contribution is 2.35. The molecule has 1 atom stereocenters. The van der Waals surface area contributed by atoms with Gasteiger partial charge in [-0.1, -0.05) is 12.1 Å². The van der Waals surface area contributed by atoms with Crippen LogP contribution in [0.25, 0.3) is 0 Å². The molecule has 0 aromatic heterocycles. The SMILES string of the molecule is C[C@@H](COc1ccccc1C(F)(F)F)NC(=O)N1CCC(C(N)=O)CC1. The number of rotatable bonds is 5. The van der Waals surface area contributed by atoms with Gasteiger partial charge in [-0.15, -0.1) is 0 Å². The van der Waals surface area contributed by atoms with E-state index in [4.69, 9.17) is 10.5 Å². The summed E-state index contributed by atoms with van der Waals surface area (Å²) in [7, 11) is 0. The molecule has 1 aliphatic heterocycles. The molecule has 1 fully saturated rings. The Morgan fingerprint density at radius 2 is 1.92 bits per heavy atom. The molecule has 1 heterocycles. The minimum atomic E-state index is -4.51. The largest absolute Gasteiger partial charge is 0.491 e. The van der Waals surface area contributed by atoms with Crippen LogP contribution in [0.1, 0.15) is 25.3 Å². The number of hydrogen-bond donors (Lipinski definition) is 2. The molecule has 0 bridgehead atoms. The summed E-state index contributed by atoms with van der Waals surface area (Å²) < 4.78 is 44.0. The molecule has 0 radical (unpaired) electrons. The zero-order valence-corrected chi connectivity index (χ0v) is 14.4. The molecule has 0 spiro atoms. The first kappa shape index (κ1) is 19.9. The lowest BCUT2D eigenvalue weighted by molar-refractivity contribution is -0.139. The van der Waals surface area contributed by atoms with E-state index in [0.717, 1.165) is 6.07 Å². The second-order valence-electron chi connectivity index (χ2n) is 6.32. The number of nitrogens with two attached hydrogens (primary N) is 1. The van der Waals surface area contributed by atoms with Crippen molar-refractivity contribution in [2.24, 2.45) is 11.7 Å². The molecule has 1 aliphatic rings. The van der Waals surface area contributed by atoms with Gasteiger partial charge in [-0.2, -0.15) is 13.2 Å². The van der Waals surface area contributed by atoms with E-state index in [1.807, 2.05) is 0 Å². The third-order valence-electron chi connectivity index (χ3n) is 4.24. The van der Waals surface area contributed by atoms with Crippen molar-refractivity contribution in [2.45, 2.75) is 32.0 Å². The number of halogens is 3. The van der Waals surface area contributed by atoms with Crippen molar-refractivity contribution in [3.8, 4) is 5.75 Å². The summed E-state index contributed by atoms with van der Waals surface area (Å²) in [5.41, 5.74) is 4.40. The van der Waals surface area contributed by atoms with Crippen LogP contribution in [0.5, 0.6) is 5.75 Å². The van der Waals surface area contributed by atoms with Crippen molar-refractivity contribution >= 4 is 11.9 Å². The second kappa shape index (κ2) is 8.29. The van der Waals surface area contributed by atoms with Gasteiger partial charge in [0.15, 0.2) is 0 Å². The lowest BCUT2D eigenvalue weighted by Crippen LogP contribution is -2.49. The number of nitrogens with one attached hydrogen (secondary N) is 1. The number of primary amides is 1. The molecule has 9 heteroatoms. The van der Waals surface area contributed by atoms with Crippen molar-refractivity contribution in [1.29, 1.82) is 0 Å². The van der Waals surface area contributed by atoms with Crippen LogP contribution in [0, 0.1) is 5.92 Å². The Hall–Kier alpha value is -2.45. The highest BCUT2D eigenvalue weighted by Gasteiger charge is 2.34. The third-order valence-corrected chi connectivity index (χ3v) is 4.24. The molecule has 2 rings (SSSR count). The van der Waals surface area contributed by atoms with Crippen molar-refractivity contribution in [3.63, 3.8) is 0 Å². The minimum Gasteiger partial charge on any atom is -0.491 e. The van der Waals surface area contributed by atoms with Crippen molar-refractivity contribution in [2.75, 3.05) is 19.7 Å². The first-order valence-electron chi connectivity index (χ1n) is 8.32. The predicted octanol–water partition coefficient (Wildman–Crippen LogP) is 2.38. The summed E-state index contributed by atoms with van der Waals surface area (Å²) in [6, 6.07) is 4.10. The maximum Gasteiger partial charge on any atom is 0.419 e. The number of hydrogen-bond acceptors (Lipinski definition) is 3. The lowest BCUT2D eigenvalue weighted by Gasteiger charge is -2.31. The van der Waals surface area contributed by atoms with Gasteiger partial charge in [0.05, 0.1) is 11.6 Å². The van der Waals surface area contributed by atoms with Gasteiger partial charge in [0.2, 0.25) is 5.91 Å². The summed E-state index contributed by atoms with van der Waals surface area (Å²) in [5, 5.41) is 2.69. The van der Waals surface area contributed by atoms with Crippen molar-refractivity contribution < 1.29 is 27.5 Å². The Bertz CT molecular complexity index is 644. The molecular formula is C17H22F3N3O3. The topological polar surface area (TPSA) is 84.7 Å². The normalized spacial score (nSPS) is 16.8. The fourth-order valence-corrected chi connectivity index (χ4v) is 2.75. The van der Waals surface area contributed by atoms with Crippen LogP contribution in [0.15, 0.2) is 24.3 Å². The zero-order valence-electron chi connectivity index (χ0n) is 14.4. The average Bonchev–Trinajstić information content (AvgIpc) is 2.59. The molecular weight excluding hydrogens is 351 g/mol. The average molecular weight is 373 g/mol. The molecule has 3 N–H and O–H groups in total. The summed E-state index contributed by atoms with van der Waals surface area (Å²) >= 11 is 0.